The minimum absolute atomic E-state index is 0.0141. The van der Waals surface area contributed by atoms with E-state index in [2.05, 4.69) is 9.72 Å². The third-order valence-corrected chi connectivity index (χ3v) is 8.67. The molecule has 0 aliphatic carbocycles. The molecule has 0 saturated carbocycles. The average Bonchev–Trinajstić information content (AvgIpc) is 3.14. The van der Waals surface area contributed by atoms with Gasteiger partial charge in [-0.15, -0.1) is 13.2 Å². The number of nitrogens with zero attached hydrogens (tertiary/aromatic N) is 3. The summed E-state index contributed by atoms with van der Waals surface area (Å²) in [4.78, 5) is 16.6. The Kier molecular flexibility index (Phi) is 7.21. The second kappa shape index (κ2) is 9.93. The molecular weight excluding hydrogens is 516 g/mol. The maximum absolute atomic E-state index is 14.1. The van der Waals surface area contributed by atoms with Gasteiger partial charge in [-0.2, -0.15) is 4.31 Å². The first kappa shape index (κ1) is 26.9. The fourth-order valence-electron chi connectivity index (χ4n) is 4.58. The number of amides is 1. The Balaban J connectivity index is 1.85. The van der Waals surface area contributed by atoms with Crippen molar-refractivity contribution in [2.24, 2.45) is 11.7 Å². The fraction of sp³-hybridized carbons (Fsp3) is 0.417. The van der Waals surface area contributed by atoms with Crippen molar-refractivity contribution in [3.63, 3.8) is 0 Å². The van der Waals surface area contributed by atoms with Crippen LogP contribution in [0.2, 0.25) is 0 Å². The number of hydrogen-bond donors (Lipinski definition) is 1. The lowest BCUT2D eigenvalue weighted by Gasteiger charge is -2.38. The number of benzene rings is 2. The number of imidazole rings is 1. The lowest BCUT2D eigenvalue weighted by molar-refractivity contribution is -0.274. The number of alkyl halides is 3. The Morgan fingerprint density at radius 2 is 1.95 bits per heavy atom. The molecule has 37 heavy (non-hydrogen) atoms. The van der Waals surface area contributed by atoms with Crippen molar-refractivity contribution in [2.75, 3.05) is 6.54 Å². The molecule has 0 spiro atoms. The van der Waals surface area contributed by atoms with Crippen LogP contribution in [0.5, 0.6) is 5.75 Å². The minimum Gasteiger partial charge on any atom is -0.406 e. The van der Waals surface area contributed by atoms with Crippen LogP contribution < -0.4 is 10.5 Å². The lowest BCUT2D eigenvalue weighted by atomic mass is 9.91. The van der Waals surface area contributed by atoms with Crippen LogP contribution in [0.3, 0.4) is 0 Å². The van der Waals surface area contributed by atoms with E-state index in [0.29, 0.717) is 11.1 Å². The molecule has 1 saturated heterocycles. The number of ether oxygens (including phenoxy) is 1. The molecular formula is C24H26F4N4O4S. The summed E-state index contributed by atoms with van der Waals surface area (Å²) < 4.78 is 85.8. The fourth-order valence-corrected chi connectivity index (χ4v) is 6.01. The van der Waals surface area contributed by atoms with Gasteiger partial charge < -0.3 is 15.0 Å². The van der Waals surface area contributed by atoms with Crippen molar-refractivity contribution in [3.05, 3.63) is 59.7 Å². The van der Waals surface area contributed by atoms with Gasteiger partial charge in [0, 0.05) is 25.1 Å². The van der Waals surface area contributed by atoms with E-state index in [1.54, 1.807) is 10.6 Å². The quantitative estimate of drug-likeness (QED) is 0.453. The predicted molar refractivity (Wildman–Crippen MR) is 127 cm³/mol. The molecule has 0 bridgehead atoms. The Bertz CT molecular complexity index is 1420. The van der Waals surface area contributed by atoms with Gasteiger partial charge in [0.15, 0.2) is 0 Å². The number of hydrogen-bond acceptors (Lipinski definition) is 5. The van der Waals surface area contributed by atoms with Crippen molar-refractivity contribution in [1.29, 1.82) is 0 Å². The van der Waals surface area contributed by atoms with Gasteiger partial charge in [-0.05, 0) is 56.5 Å². The van der Waals surface area contributed by atoms with Crippen LogP contribution in [-0.2, 0) is 21.4 Å². The van der Waals surface area contributed by atoms with Crippen molar-refractivity contribution >= 4 is 27.0 Å². The number of carbonyl (C=O) groups excluding carboxylic acids is 1. The molecule has 2 heterocycles. The van der Waals surface area contributed by atoms with Crippen LogP contribution in [-0.4, -0.2) is 46.3 Å². The Labute approximate surface area is 211 Å². The molecule has 3 aromatic rings. The van der Waals surface area contributed by atoms with Crippen LogP contribution in [0, 0.1) is 11.7 Å². The molecule has 2 aromatic carbocycles. The summed E-state index contributed by atoms with van der Waals surface area (Å²) in [5, 5.41) is -0.758. The first-order valence-electron chi connectivity index (χ1n) is 11.6. The molecule has 0 radical (unpaired) electrons. The highest BCUT2D eigenvalue weighted by Gasteiger charge is 2.42. The highest BCUT2D eigenvalue weighted by atomic mass is 32.2. The van der Waals surface area contributed by atoms with Crippen molar-refractivity contribution < 1.29 is 35.5 Å². The molecule has 1 aliphatic heterocycles. The predicted octanol–water partition coefficient (Wildman–Crippen LogP) is 4.10. The van der Waals surface area contributed by atoms with Crippen molar-refractivity contribution in [1.82, 2.24) is 13.9 Å². The zero-order valence-electron chi connectivity index (χ0n) is 20.1. The lowest BCUT2D eigenvalue weighted by Crippen LogP contribution is -2.47. The Morgan fingerprint density at radius 1 is 1.22 bits per heavy atom. The first-order valence-corrected chi connectivity index (χ1v) is 13.1. The molecule has 2 unspecified atom stereocenters. The molecule has 1 fully saturated rings. The maximum atomic E-state index is 14.1. The number of fused-ring (bicyclic) bond motifs is 1. The SMILES string of the molecule is CC(C)S(=O)(=O)N1CCC(C(N)=O)CC1c1nc2cc(F)ccc2n1Cc1cccc(OC(F)(F)F)c1. The number of nitrogens with two attached hydrogens (primary N) is 1. The molecule has 2 N–H and O–H groups in total. The molecule has 8 nitrogen and oxygen atoms in total. The first-order chi connectivity index (χ1) is 17.3. The van der Waals surface area contributed by atoms with Gasteiger partial charge in [0.25, 0.3) is 0 Å². The zero-order chi connectivity index (χ0) is 27.1. The maximum Gasteiger partial charge on any atom is 0.573 e. The van der Waals surface area contributed by atoms with Gasteiger partial charge in [0.1, 0.15) is 17.4 Å². The summed E-state index contributed by atoms with van der Waals surface area (Å²) in [6, 6.07) is 8.32. The van der Waals surface area contributed by atoms with Gasteiger partial charge in [0.05, 0.1) is 22.3 Å². The summed E-state index contributed by atoms with van der Waals surface area (Å²) in [5.74, 6) is -1.93. The van der Waals surface area contributed by atoms with Crippen molar-refractivity contribution in [3.8, 4) is 5.75 Å². The van der Waals surface area contributed by atoms with E-state index in [1.807, 2.05) is 0 Å². The Hall–Kier alpha value is -3.19. The van der Waals surface area contributed by atoms with Gasteiger partial charge in [0.2, 0.25) is 15.9 Å². The second-order valence-corrected chi connectivity index (χ2v) is 11.7. The minimum atomic E-state index is -4.87. The standard InChI is InChI=1S/C24H26F4N4O4S/c1-14(2)37(34,35)32-9-8-16(22(29)33)11-21(32)23-30-19-12-17(25)6-7-20(19)31(23)13-15-4-3-5-18(10-15)36-24(26,27)28/h3-7,10,12,14,16,21H,8-9,11,13H2,1-2H3,(H2,29,33). The normalized spacial score (nSPS) is 19.4. The van der Waals surface area contributed by atoms with E-state index in [9.17, 15) is 30.8 Å². The number of aromatic nitrogens is 2. The topological polar surface area (TPSA) is 108 Å². The summed E-state index contributed by atoms with van der Waals surface area (Å²) in [7, 11) is -3.80. The van der Waals surface area contributed by atoms with E-state index in [4.69, 9.17) is 5.73 Å². The molecule has 1 amide bonds. The molecule has 4 rings (SSSR count). The number of carbonyl (C=O) groups is 1. The zero-order valence-corrected chi connectivity index (χ0v) is 20.9. The van der Waals surface area contributed by atoms with E-state index in [-0.39, 0.29) is 37.3 Å². The van der Waals surface area contributed by atoms with E-state index >= 15 is 0 Å². The van der Waals surface area contributed by atoms with Crippen LogP contribution in [0.15, 0.2) is 42.5 Å². The van der Waals surface area contributed by atoms with Crippen LogP contribution in [0.4, 0.5) is 17.6 Å². The second-order valence-electron chi connectivity index (χ2n) is 9.23. The third kappa shape index (κ3) is 5.72. The molecule has 200 valence electrons. The molecule has 2 atom stereocenters. The molecule has 13 heteroatoms. The third-order valence-electron chi connectivity index (χ3n) is 6.39. The molecule has 1 aliphatic rings. The number of piperidine rings is 1. The highest BCUT2D eigenvalue weighted by Crippen LogP contribution is 2.38. The number of halogens is 4. The van der Waals surface area contributed by atoms with E-state index in [0.717, 1.165) is 6.07 Å². The molecule has 1 aromatic heterocycles. The number of rotatable bonds is 7. The van der Waals surface area contributed by atoms with E-state index < -0.39 is 51.1 Å². The van der Waals surface area contributed by atoms with Gasteiger partial charge >= 0.3 is 6.36 Å². The average molecular weight is 543 g/mol. The van der Waals surface area contributed by atoms with Gasteiger partial charge in [-0.1, -0.05) is 12.1 Å². The summed E-state index contributed by atoms with van der Waals surface area (Å²) >= 11 is 0. The highest BCUT2D eigenvalue weighted by molar-refractivity contribution is 7.89. The van der Waals surface area contributed by atoms with Crippen LogP contribution >= 0.6 is 0 Å². The van der Waals surface area contributed by atoms with E-state index in [1.165, 1.54) is 48.5 Å². The summed E-state index contributed by atoms with van der Waals surface area (Å²) in [5.41, 5.74) is 6.65. The smallest absolute Gasteiger partial charge is 0.406 e. The summed E-state index contributed by atoms with van der Waals surface area (Å²) in [6.45, 7) is 3.10. The van der Waals surface area contributed by atoms with Crippen LogP contribution in [0.1, 0.15) is 44.1 Å². The number of primary amides is 1. The monoisotopic (exact) mass is 542 g/mol. The largest absolute Gasteiger partial charge is 0.573 e. The Morgan fingerprint density at radius 3 is 2.59 bits per heavy atom. The van der Waals surface area contributed by atoms with Crippen molar-refractivity contribution in [2.45, 2.75) is 50.9 Å². The van der Waals surface area contributed by atoms with Gasteiger partial charge in [-0.25, -0.2) is 17.8 Å². The summed E-state index contributed by atoms with van der Waals surface area (Å²) in [6.07, 6.45) is -4.58. The van der Waals surface area contributed by atoms with Crippen LogP contribution in [0.25, 0.3) is 11.0 Å². The number of sulfonamides is 1. The van der Waals surface area contributed by atoms with Gasteiger partial charge in [-0.3, -0.25) is 4.79 Å².